The predicted octanol–water partition coefficient (Wildman–Crippen LogP) is 9.25. The van der Waals surface area contributed by atoms with Gasteiger partial charge in [0.2, 0.25) is 0 Å². The molecule has 0 aliphatic heterocycles. The molecule has 6 rings (SSSR count). The molecule has 0 aliphatic carbocycles. The summed E-state index contributed by atoms with van der Waals surface area (Å²) in [5.41, 5.74) is 11.5. The summed E-state index contributed by atoms with van der Waals surface area (Å²) in [6.45, 7) is 4.24. The van der Waals surface area contributed by atoms with E-state index >= 15 is 0 Å². The van der Waals surface area contributed by atoms with Gasteiger partial charge >= 0.3 is 0 Å². The molecular weight excluding hydrogens is 653 g/mol. The molecule has 1 radical (unpaired) electrons. The first kappa shape index (κ1) is 27.9. The number of hydrogen-bond donors (Lipinski definition) is 0. The average Bonchev–Trinajstić information content (AvgIpc) is 2.99. The molecule has 4 aromatic carbocycles. The molecule has 0 spiro atoms. The van der Waals surface area contributed by atoms with Gasteiger partial charge in [0.05, 0.1) is 5.69 Å². The molecule has 6 aromatic rings. The Balaban J connectivity index is 0.000000176. The Kier molecular flexibility index (Phi) is 9.69. The van der Waals surface area contributed by atoms with Crippen LogP contribution in [0, 0.1) is 19.9 Å². The predicted molar refractivity (Wildman–Crippen MR) is 159 cm³/mol. The summed E-state index contributed by atoms with van der Waals surface area (Å²) in [7, 11) is 0. The van der Waals surface area contributed by atoms with Gasteiger partial charge in [0.25, 0.3) is 0 Å². The van der Waals surface area contributed by atoms with Crippen molar-refractivity contribution in [2.45, 2.75) is 13.8 Å². The van der Waals surface area contributed by atoms with Crippen LogP contribution in [0.15, 0.2) is 140 Å². The minimum Gasteiger partial charge on any atom is -0.304 e. The first-order valence-corrected chi connectivity index (χ1v) is 12.8. The number of hydrogen-bond acceptors (Lipinski definition) is 2. The molecule has 0 aliphatic rings. The third-order valence-corrected chi connectivity index (χ3v) is 6.49. The molecule has 2 heterocycles. The van der Waals surface area contributed by atoms with E-state index in [4.69, 9.17) is 0 Å². The van der Waals surface area contributed by atoms with Crippen LogP contribution >= 0.6 is 0 Å². The maximum absolute atomic E-state index is 4.57. The maximum Gasteiger partial charge on any atom is 0.0702 e. The topological polar surface area (TPSA) is 25.8 Å². The van der Waals surface area contributed by atoms with Gasteiger partial charge in [-0.3, -0.25) is 4.98 Å². The summed E-state index contributed by atoms with van der Waals surface area (Å²) in [5, 5.41) is 0. The normalized spacial score (nSPS) is 10.1. The Labute approximate surface area is 244 Å². The van der Waals surface area contributed by atoms with E-state index in [-0.39, 0.29) is 20.1 Å². The van der Waals surface area contributed by atoms with Crippen LogP contribution in [0.25, 0.3) is 44.8 Å². The second-order valence-corrected chi connectivity index (χ2v) is 9.14. The summed E-state index contributed by atoms with van der Waals surface area (Å²) in [6, 6.07) is 46.5. The number of aromatic nitrogens is 2. The van der Waals surface area contributed by atoms with E-state index in [2.05, 4.69) is 109 Å². The van der Waals surface area contributed by atoms with Gasteiger partial charge in [-0.15, -0.1) is 35.9 Å². The van der Waals surface area contributed by atoms with Crippen molar-refractivity contribution in [1.29, 1.82) is 0 Å². The zero-order valence-corrected chi connectivity index (χ0v) is 24.4. The summed E-state index contributed by atoms with van der Waals surface area (Å²) >= 11 is 0. The minimum absolute atomic E-state index is 0. The SMILES string of the molecule is Cc1ccccc1-c1ccc(-c2[c-]cccc2)nc1.Cc1ccccc1-c1ccc(-c2ccccc2)nc1.[Ir]. The Morgan fingerprint density at radius 1 is 0.462 bits per heavy atom. The van der Waals surface area contributed by atoms with Crippen molar-refractivity contribution in [1.82, 2.24) is 9.97 Å². The maximum atomic E-state index is 4.57. The van der Waals surface area contributed by atoms with E-state index in [1.54, 1.807) is 0 Å². The quantitative estimate of drug-likeness (QED) is 0.174. The third-order valence-electron chi connectivity index (χ3n) is 6.49. The summed E-state index contributed by atoms with van der Waals surface area (Å²) in [4.78, 5) is 9.10. The zero-order chi connectivity index (χ0) is 26.2. The molecule has 0 fully saturated rings. The fourth-order valence-electron chi connectivity index (χ4n) is 4.39. The molecular formula is C36H29IrN2-. The summed E-state index contributed by atoms with van der Waals surface area (Å²) in [6.07, 6.45) is 3.88. The van der Waals surface area contributed by atoms with Crippen LogP contribution in [0.1, 0.15) is 11.1 Å². The fourth-order valence-corrected chi connectivity index (χ4v) is 4.39. The monoisotopic (exact) mass is 682 g/mol. The molecule has 39 heavy (non-hydrogen) atoms. The van der Waals surface area contributed by atoms with E-state index in [1.165, 1.54) is 22.3 Å². The standard InChI is InChI=1S/C18H15N.C18H14N.Ir/c2*1-14-7-5-6-10-17(14)16-11-12-18(19-13-16)15-8-3-2-4-9-15;/h2-13H,1H3;2-8,10-13H,1H3;/q;-1;. The van der Waals surface area contributed by atoms with Gasteiger partial charge in [-0.25, -0.2) is 0 Å². The van der Waals surface area contributed by atoms with Crippen molar-refractivity contribution in [3.63, 3.8) is 0 Å². The fraction of sp³-hybridized carbons (Fsp3) is 0.0556. The van der Waals surface area contributed by atoms with Crippen LogP contribution in [-0.4, -0.2) is 9.97 Å². The molecule has 3 heteroatoms. The van der Waals surface area contributed by atoms with Crippen molar-refractivity contribution in [2.24, 2.45) is 0 Å². The van der Waals surface area contributed by atoms with Crippen LogP contribution < -0.4 is 0 Å². The van der Waals surface area contributed by atoms with Crippen molar-refractivity contribution in [3.05, 3.63) is 157 Å². The Morgan fingerprint density at radius 3 is 1.46 bits per heavy atom. The van der Waals surface area contributed by atoms with Gasteiger partial charge in [-0.2, -0.15) is 0 Å². The largest absolute Gasteiger partial charge is 0.304 e. The first-order chi connectivity index (χ1) is 18.7. The second-order valence-electron chi connectivity index (χ2n) is 9.14. The third kappa shape index (κ3) is 7.03. The number of pyridine rings is 2. The molecule has 0 atom stereocenters. The van der Waals surface area contributed by atoms with Crippen LogP contribution in [0.5, 0.6) is 0 Å². The minimum atomic E-state index is 0. The second kappa shape index (κ2) is 13.6. The van der Waals surface area contributed by atoms with Crippen molar-refractivity contribution in [3.8, 4) is 44.8 Å². The molecule has 0 saturated carbocycles. The summed E-state index contributed by atoms with van der Waals surface area (Å²) in [5.74, 6) is 0. The Hall–Kier alpha value is -4.17. The molecule has 2 nitrogen and oxygen atoms in total. The number of benzene rings is 4. The number of aryl methyl sites for hydroxylation is 2. The number of rotatable bonds is 4. The van der Waals surface area contributed by atoms with Crippen molar-refractivity contribution in [2.75, 3.05) is 0 Å². The van der Waals surface area contributed by atoms with E-state index in [1.807, 2.05) is 60.9 Å². The van der Waals surface area contributed by atoms with Gasteiger partial charge in [0.1, 0.15) is 0 Å². The number of nitrogens with zero attached hydrogens (tertiary/aromatic N) is 2. The molecule has 2 aromatic heterocycles. The van der Waals surface area contributed by atoms with E-state index < -0.39 is 0 Å². The van der Waals surface area contributed by atoms with E-state index in [0.29, 0.717) is 0 Å². The van der Waals surface area contributed by atoms with E-state index in [9.17, 15) is 0 Å². The summed E-state index contributed by atoms with van der Waals surface area (Å²) < 4.78 is 0. The molecule has 0 amide bonds. The molecule has 0 N–H and O–H groups in total. The zero-order valence-electron chi connectivity index (χ0n) is 22.0. The van der Waals surface area contributed by atoms with Crippen LogP contribution in [0.3, 0.4) is 0 Å². The van der Waals surface area contributed by atoms with Crippen molar-refractivity contribution >= 4 is 0 Å². The smallest absolute Gasteiger partial charge is 0.0702 e. The molecule has 0 saturated heterocycles. The van der Waals surface area contributed by atoms with Crippen LogP contribution in [0.2, 0.25) is 0 Å². The van der Waals surface area contributed by atoms with Crippen LogP contribution in [0.4, 0.5) is 0 Å². The van der Waals surface area contributed by atoms with Gasteiger partial charge in [-0.05, 0) is 53.4 Å². The Morgan fingerprint density at radius 2 is 0.974 bits per heavy atom. The van der Waals surface area contributed by atoms with Gasteiger partial charge in [-0.1, -0.05) is 97.1 Å². The van der Waals surface area contributed by atoms with Gasteiger partial charge in [0.15, 0.2) is 0 Å². The first-order valence-electron chi connectivity index (χ1n) is 12.8. The average molecular weight is 682 g/mol. The molecule has 193 valence electrons. The van der Waals surface area contributed by atoms with Crippen molar-refractivity contribution < 1.29 is 20.1 Å². The Bertz CT molecular complexity index is 1470. The van der Waals surface area contributed by atoms with Gasteiger partial charge < -0.3 is 4.98 Å². The van der Waals surface area contributed by atoms with Crippen LogP contribution in [-0.2, 0) is 20.1 Å². The molecule has 0 unspecified atom stereocenters. The molecule has 0 bridgehead atoms. The van der Waals surface area contributed by atoms with Gasteiger partial charge in [0, 0.05) is 43.6 Å². The van der Waals surface area contributed by atoms with E-state index in [0.717, 1.165) is 33.6 Å².